The summed E-state index contributed by atoms with van der Waals surface area (Å²) in [7, 11) is 3.31. The van der Waals surface area contributed by atoms with Crippen LogP contribution in [0.2, 0.25) is 0 Å². The Kier molecular flexibility index (Phi) is 18.8. The number of nitrogens with one attached hydrogen (secondary N) is 1. The molecule has 1 rings (SSSR count). The van der Waals surface area contributed by atoms with Crippen LogP contribution in [0.5, 0.6) is 11.5 Å². The second-order valence-corrected chi connectivity index (χ2v) is 14.0. The van der Waals surface area contributed by atoms with Gasteiger partial charge in [-0.1, -0.05) is 67.4 Å². The number of aliphatic hydroxyl groups excluding tert-OH is 1. The number of hydrogen-bond acceptors (Lipinski definition) is 7. The number of carbonyl (C=O) groups is 2. The summed E-state index contributed by atoms with van der Waals surface area (Å²) < 4.78 is 16.6. The maximum Gasteiger partial charge on any atom is 0.223 e. The molecule has 0 aliphatic heterocycles. The molecule has 0 fully saturated rings. The number of benzene rings is 1. The minimum atomic E-state index is -0.807. The highest BCUT2D eigenvalue weighted by Gasteiger charge is 2.31. The quantitative estimate of drug-likeness (QED) is 0.115. The standard InChI is InChI=1S/C36H64N2O6/c1-10-11-12-14-29(39)23-36(6,7)24-38-35(41)30(26(4)5)22-32(40)31(37)21-28(25(2)3)19-27-15-16-33(43-9)34(20-27)44-18-13-17-42-8/h15-16,20,25-26,28,30-32,40H,10-14,17-19,21-24,37H2,1-9H3,(H,38,41)/t28-,30-,31-,32-/m0/s1. The Morgan fingerprint density at radius 2 is 1.68 bits per heavy atom. The number of hydrogen-bond donors (Lipinski definition) is 3. The summed E-state index contributed by atoms with van der Waals surface area (Å²) in [5, 5.41) is 14.3. The van der Waals surface area contributed by atoms with E-state index in [1.165, 1.54) is 0 Å². The number of aliphatic hydroxyl groups is 1. The van der Waals surface area contributed by atoms with Gasteiger partial charge in [-0.2, -0.15) is 0 Å². The molecule has 4 atom stereocenters. The number of amides is 1. The van der Waals surface area contributed by atoms with E-state index in [4.69, 9.17) is 19.9 Å². The van der Waals surface area contributed by atoms with Gasteiger partial charge in [0.05, 0.1) is 19.8 Å². The Morgan fingerprint density at radius 1 is 0.977 bits per heavy atom. The van der Waals surface area contributed by atoms with Crippen molar-refractivity contribution in [3.63, 3.8) is 0 Å². The Bertz CT molecular complexity index is 964. The average molecular weight is 621 g/mol. The Morgan fingerprint density at radius 3 is 2.27 bits per heavy atom. The summed E-state index contributed by atoms with van der Waals surface area (Å²) in [6.45, 7) is 16.1. The monoisotopic (exact) mass is 620 g/mol. The van der Waals surface area contributed by atoms with Crippen LogP contribution in [0.15, 0.2) is 18.2 Å². The molecule has 0 spiro atoms. The van der Waals surface area contributed by atoms with E-state index in [1.807, 2.05) is 39.8 Å². The molecule has 0 aliphatic carbocycles. The topological polar surface area (TPSA) is 120 Å². The molecule has 8 nitrogen and oxygen atoms in total. The fraction of sp³-hybridized carbons (Fsp3) is 0.778. The lowest BCUT2D eigenvalue weighted by Crippen LogP contribution is -2.44. The maximum atomic E-state index is 13.3. The average Bonchev–Trinajstić information content (AvgIpc) is 2.96. The van der Waals surface area contributed by atoms with Crippen LogP contribution >= 0.6 is 0 Å². The molecule has 0 radical (unpaired) electrons. The molecule has 1 amide bonds. The summed E-state index contributed by atoms with van der Waals surface area (Å²) in [6, 6.07) is 5.56. The number of unbranched alkanes of at least 4 members (excludes halogenated alkanes) is 2. The first-order chi connectivity index (χ1) is 20.7. The molecule has 0 saturated carbocycles. The van der Waals surface area contributed by atoms with Crippen molar-refractivity contribution in [2.45, 2.75) is 118 Å². The van der Waals surface area contributed by atoms with Crippen molar-refractivity contribution in [2.24, 2.45) is 34.8 Å². The van der Waals surface area contributed by atoms with Gasteiger partial charge in [-0.05, 0) is 66.5 Å². The summed E-state index contributed by atoms with van der Waals surface area (Å²) in [6.07, 6.45) is 5.83. The van der Waals surface area contributed by atoms with E-state index in [9.17, 15) is 14.7 Å². The van der Waals surface area contributed by atoms with Crippen molar-refractivity contribution in [3.05, 3.63) is 23.8 Å². The van der Waals surface area contributed by atoms with Gasteiger partial charge in [-0.25, -0.2) is 0 Å². The fourth-order valence-corrected chi connectivity index (χ4v) is 5.58. The number of nitrogens with two attached hydrogens (primary N) is 1. The third kappa shape index (κ3) is 15.2. The lowest BCUT2D eigenvalue weighted by atomic mass is 9.80. The molecule has 4 N–H and O–H groups in total. The molecule has 0 saturated heterocycles. The van der Waals surface area contributed by atoms with Gasteiger partial charge in [-0.15, -0.1) is 0 Å². The van der Waals surface area contributed by atoms with Crippen LogP contribution in [0.25, 0.3) is 0 Å². The van der Waals surface area contributed by atoms with Crippen LogP contribution in [0.1, 0.15) is 105 Å². The molecular formula is C36H64N2O6. The van der Waals surface area contributed by atoms with Crippen molar-refractivity contribution in [2.75, 3.05) is 34.0 Å². The minimum absolute atomic E-state index is 0.0399. The third-order valence-corrected chi connectivity index (χ3v) is 8.60. The molecule has 44 heavy (non-hydrogen) atoms. The molecule has 1 aromatic carbocycles. The van der Waals surface area contributed by atoms with Crippen molar-refractivity contribution >= 4 is 11.7 Å². The normalized spacial score (nSPS) is 14.8. The van der Waals surface area contributed by atoms with Gasteiger partial charge >= 0.3 is 0 Å². The molecule has 0 heterocycles. The van der Waals surface area contributed by atoms with Crippen LogP contribution in [0.4, 0.5) is 0 Å². The Hall–Kier alpha value is -2.16. The van der Waals surface area contributed by atoms with E-state index in [0.717, 1.165) is 37.7 Å². The first kappa shape index (κ1) is 39.9. The van der Waals surface area contributed by atoms with E-state index < -0.39 is 12.1 Å². The van der Waals surface area contributed by atoms with Gasteiger partial charge in [0.25, 0.3) is 0 Å². The zero-order valence-corrected chi connectivity index (χ0v) is 29.2. The summed E-state index contributed by atoms with van der Waals surface area (Å²) >= 11 is 0. The van der Waals surface area contributed by atoms with E-state index in [-0.39, 0.29) is 34.9 Å². The highest BCUT2D eigenvalue weighted by molar-refractivity contribution is 5.80. The lowest BCUT2D eigenvalue weighted by Gasteiger charge is -2.31. The SMILES string of the molecule is CCCCCC(=O)CC(C)(C)CNC(=O)[C@@H](C[C@H](O)[C@@H](N)C[C@H](Cc1ccc(OC)c(OCCCOC)c1)C(C)C)C(C)C. The smallest absolute Gasteiger partial charge is 0.223 e. The molecular weight excluding hydrogens is 556 g/mol. The predicted octanol–water partition coefficient (Wildman–Crippen LogP) is 6.35. The zero-order chi connectivity index (χ0) is 33.3. The molecule has 0 bridgehead atoms. The van der Waals surface area contributed by atoms with Crippen LogP contribution in [0, 0.1) is 29.1 Å². The van der Waals surface area contributed by atoms with Gasteiger partial charge in [0.2, 0.25) is 5.91 Å². The van der Waals surface area contributed by atoms with Gasteiger partial charge in [0.15, 0.2) is 11.5 Å². The second kappa shape index (κ2) is 20.8. The van der Waals surface area contributed by atoms with Crippen molar-refractivity contribution < 1.29 is 28.9 Å². The predicted molar refractivity (Wildman–Crippen MR) is 179 cm³/mol. The number of rotatable bonds is 24. The molecule has 254 valence electrons. The lowest BCUT2D eigenvalue weighted by molar-refractivity contribution is -0.129. The van der Waals surface area contributed by atoms with Crippen molar-refractivity contribution in [3.8, 4) is 11.5 Å². The van der Waals surface area contributed by atoms with Gasteiger partial charge in [0, 0.05) is 51.5 Å². The van der Waals surface area contributed by atoms with Gasteiger partial charge in [-0.3, -0.25) is 9.59 Å². The minimum Gasteiger partial charge on any atom is -0.493 e. The zero-order valence-electron chi connectivity index (χ0n) is 29.2. The molecule has 0 aromatic heterocycles. The molecule has 1 aromatic rings. The summed E-state index contributed by atoms with van der Waals surface area (Å²) in [5.41, 5.74) is 7.40. The summed E-state index contributed by atoms with van der Waals surface area (Å²) in [4.78, 5) is 25.7. The fourth-order valence-electron chi connectivity index (χ4n) is 5.58. The van der Waals surface area contributed by atoms with E-state index in [2.05, 4.69) is 32.2 Å². The van der Waals surface area contributed by atoms with Gasteiger partial charge < -0.3 is 30.4 Å². The van der Waals surface area contributed by atoms with Gasteiger partial charge in [0.1, 0.15) is 5.78 Å². The Labute approximate surface area is 268 Å². The number of ether oxygens (including phenoxy) is 3. The van der Waals surface area contributed by atoms with E-state index >= 15 is 0 Å². The van der Waals surface area contributed by atoms with Crippen molar-refractivity contribution in [1.29, 1.82) is 0 Å². The number of carbonyl (C=O) groups excluding carboxylic acids is 2. The highest BCUT2D eigenvalue weighted by atomic mass is 16.5. The third-order valence-electron chi connectivity index (χ3n) is 8.60. The van der Waals surface area contributed by atoms with E-state index in [1.54, 1.807) is 14.2 Å². The number of ketones is 1. The number of methoxy groups -OCH3 is 2. The molecule has 0 unspecified atom stereocenters. The molecule has 0 aliphatic rings. The first-order valence-corrected chi connectivity index (χ1v) is 16.8. The Balaban J connectivity index is 2.80. The maximum absolute atomic E-state index is 13.3. The van der Waals surface area contributed by atoms with Crippen LogP contribution in [-0.2, 0) is 20.7 Å². The highest BCUT2D eigenvalue weighted by Crippen LogP contribution is 2.32. The second-order valence-electron chi connectivity index (χ2n) is 14.0. The number of Topliss-reactive ketones (excluding diaryl/α,β-unsaturated/α-hetero) is 1. The molecule has 8 heteroatoms. The van der Waals surface area contributed by atoms with Crippen LogP contribution in [-0.4, -0.2) is 62.9 Å². The summed E-state index contributed by atoms with van der Waals surface area (Å²) in [5.74, 6) is 1.81. The first-order valence-electron chi connectivity index (χ1n) is 16.8. The van der Waals surface area contributed by atoms with Crippen LogP contribution in [0.3, 0.4) is 0 Å². The van der Waals surface area contributed by atoms with Crippen LogP contribution < -0.4 is 20.5 Å². The largest absolute Gasteiger partial charge is 0.493 e. The van der Waals surface area contributed by atoms with Crippen molar-refractivity contribution in [1.82, 2.24) is 5.32 Å². The van der Waals surface area contributed by atoms with E-state index in [0.29, 0.717) is 62.9 Å².